The number of rotatable bonds is 5. The van der Waals surface area contributed by atoms with Crippen LogP contribution in [-0.4, -0.2) is 18.4 Å². The zero-order chi connectivity index (χ0) is 17.8. The van der Waals surface area contributed by atoms with Gasteiger partial charge in [0, 0.05) is 10.8 Å². The Morgan fingerprint density at radius 3 is 2.56 bits per heavy atom. The summed E-state index contributed by atoms with van der Waals surface area (Å²) in [7, 11) is 0. The van der Waals surface area contributed by atoms with Gasteiger partial charge in [0.2, 0.25) is 0 Å². The van der Waals surface area contributed by atoms with Crippen LogP contribution < -0.4 is 0 Å². The van der Waals surface area contributed by atoms with Gasteiger partial charge in [-0.2, -0.15) is 0 Å². The van der Waals surface area contributed by atoms with Crippen LogP contribution in [0.25, 0.3) is 5.57 Å². The van der Waals surface area contributed by atoms with E-state index in [1.807, 2.05) is 29.6 Å². The van der Waals surface area contributed by atoms with Crippen LogP contribution in [0.15, 0.2) is 47.9 Å². The van der Waals surface area contributed by atoms with Crippen molar-refractivity contribution in [1.29, 1.82) is 0 Å². The first-order chi connectivity index (χ1) is 12.1. The first-order valence-electron chi connectivity index (χ1n) is 8.67. The molecule has 0 saturated carbocycles. The second-order valence-corrected chi connectivity index (χ2v) is 7.13. The fraction of sp³-hybridized carbons (Fsp3) is 0.333. The molecule has 0 amide bonds. The number of hydrogen-bond donors (Lipinski definition) is 0. The third-order valence-electron chi connectivity index (χ3n) is 4.66. The normalized spacial score (nSPS) is 20.2. The van der Waals surface area contributed by atoms with E-state index in [2.05, 4.69) is 19.1 Å². The van der Waals surface area contributed by atoms with Gasteiger partial charge < -0.3 is 4.74 Å². The monoisotopic (exact) mass is 354 g/mol. The number of thiophene rings is 1. The van der Waals surface area contributed by atoms with Crippen molar-refractivity contribution in [2.45, 2.75) is 32.6 Å². The van der Waals surface area contributed by atoms with Crippen molar-refractivity contribution in [2.75, 3.05) is 6.61 Å². The SMILES string of the molecule is CCOC(=O)[C@H]1C(=O)C=C(c2cccs2)C[C@H]1c1ccc(CC)cc1. The highest BCUT2D eigenvalue weighted by atomic mass is 32.1. The number of allylic oxidation sites excluding steroid dienone is 2. The fourth-order valence-electron chi connectivity index (χ4n) is 3.33. The number of ketones is 1. The predicted molar refractivity (Wildman–Crippen MR) is 101 cm³/mol. The molecule has 0 fully saturated rings. The van der Waals surface area contributed by atoms with Gasteiger partial charge in [0.05, 0.1) is 6.61 Å². The quantitative estimate of drug-likeness (QED) is 0.581. The summed E-state index contributed by atoms with van der Waals surface area (Å²) in [5, 5.41) is 2.00. The van der Waals surface area contributed by atoms with Crippen molar-refractivity contribution in [3.8, 4) is 0 Å². The summed E-state index contributed by atoms with van der Waals surface area (Å²) in [6.07, 6.45) is 3.26. The number of ether oxygens (including phenoxy) is 1. The molecule has 1 aliphatic carbocycles. The van der Waals surface area contributed by atoms with Crippen molar-refractivity contribution < 1.29 is 14.3 Å². The number of carbonyl (C=O) groups excluding carboxylic acids is 2. The number of carbonyl (C=O) groups is 2. The van der Waals surface area contributed by atoms with Gasteiger partial charge >= 0.3 is 5.97 Å². The Morgan fingerprint density at radius 2 is 1.96 bits per heavy atom. The van der Waals surface area contributed by atoms with Crippen molar-refractivity contribution >= 4 is 28.7 Å². The number of esters is 1. The van der Waals surface area contributed by atoms with E-state index < -0.39 is 11.9 Å². The minimum Gasteiger partial charge on any atom is -0.465 e. The molecule has 0 radical (unpaired) electrons. The lowest BCUT2D eigenvalue weighted by atomic mass is 9.74. The van der Waals surface area contributed by atoms with Gasteiger partial charge in [0.1, 0.15) is 5.92 Å². The standard InChI is InChI=1S/C21H22O3S/c1-3-14-7-9-15(10-8-14)17-12-16(19-6-5-11-25-19)13-18(22)20(17)21(23)24-4-2/h5-11,13,17,20H,3-4,12H2,1-2H3/t17-,20+/m0/s1. The van der Waals surface area contributed by atoms with E-state index in [0.29, 0.717) is 6.42 Å². The molecular formula is C21H22O3S. The third-order valence-corrected chi connectivity index (χ3v) is 5.60. The van der Waals surface area contributed by atoms with E-state index in [-0.39, 0.29) is 18.3 Å². The van der Waals surface area contributed by atoms with E-state index in [9.17, 15) is 9.59 Å². The van der Waals surface area contributed by atoms with Gasteiger partial charge in [0.25, 0.3) is 0 Å². The summed E-state index contributed by atoms with van der Waals surface area (Å²) in [6.45, 7) is 4.16. The van der Waals surface area contributed by atoms with Crippen LogP contribution >= 0.6 is 11.3 Å². The summed E-state index contributed by atoms with van der Waals surface area (Å²) in [4.78, 5) is 26.3. The lowest BCUT2D eigenvalue weighted by Gasteiger charge is -2.29. The van der Waals surface area contributed by atoms with Crippen LogP contribution in [0, 0.1) is 5.92 Å². The molecule has 3 nitrogen and oxygen atoms in total. The second kappa shape index (κ2) is 7.79. The molecule has 2 atom stereocenters. The highest BCUT2D eigenvalue weighted by Crippen LogP contribution is 2.41. The minimum absolute atomic E-state index is 0.155. The number of benzene rings is 1. The molecule has 0 saturated heterocycles. The van der Waals surface area contributed by atoms with E-state index >= 15 is 0 Å². The molecule has 0 aliphatic heterocycles. The van der Waals surface area contributed by atoms with Crippen molar-refractivity contribution in [2.24, 2.45) is 5.92 Å². The Hall–Kier alpha value is -2.20. The van der Waals surface area contributed by atoms with Crippen LogP contribution in [0.1, 0.15) is 42.2 Å². The lowest BCUT2D eigenvalue weighted by molar-refractivity contribution is -0.151. The largest absolute Gasteiger partial charge is 0.465 e. The average Bonchev–Trinajstić information content (AvgIpc) is 3.16. The maximum Gasteiger partial charge on any atom is 0.317 e. The summed E-state index contributed by atoms with van der Waals surface area (Å²) >= 11 is 1.62. The predicted octanol–water partition coefficient (Wildman–Crippen LogP) is 4.63. The van der Waals surface area contributed by atoms with Crippen LogP contribution in [-0.2, 0) is 20.7 Å². The molecule has 1 aliphatic rings. The molecule has 0 unspecified atom stereocenters. The van der Waals surface area contributed by atoms with Gasteiger partial charge in [-0.25, -0.2) is 0 Å². The van der Waals surface area contributed by atoms with E-state index in [0.717, 1.165) is 22.4 Å². The van der Waals surface area contributed by atoms with Crippen LogP contribution in [0.5, 0.6) is 0 Å². The van der Waals surface area contributed by atoms with E-state index in [1.54, 1.807) is 24.3 Å². The zero-order valence-electron chi connectivity index (χ0n) is 14.5. The molecule has 0 spiro atoms. The van der Waals surface area contributed by atoms with Crippen molar-refractivity contribution in [3.63, 3.8) is 0 Å². The molecule has 0 N–H and O–H groups in total. The average molecular weight is 354 g/mol. The molecule has 130 valence electrons. The molecule has 25 heavy (non-hydrogen) atoms. The van der Waals surface area contributed by atoms with Gasteiger partial charge in [0.15, 0.2) is 5.78 Å². The highest BCUT2D eigenvalue weighted by Gasteiger charge is 2.39. The van der Waals surface area contributed by atoms with Gasteiger partial charge in [-0.3, -0.25) is 9.59 Å². The molecule has 1 heterocycles. The highest BCUT2D eigenvalue weighted by molar-refractivity contribution is 7.11. The summed E-state index contributed by atoms with van der Waals surface area (Å²) in [5.41, 5.74) is 3.27. The maximum atomic E-state index is 12.8. The van der Waals surface area contributed by atoms with Crippen molar-refractivity contribution in [1.82, 2.24) is 0 Å². The van der Waals surface area contributed by atoms with E-state index in [4.69, 9.17) is 4.74 Å². The van der Waals surface area contributed by atoms with E-state index in [1.165, 1.54) is 5.56 Å². The zero-order valence-corrected chi connectivity index (χ0v) is 15.3. The number of hydrogen-bond acceptors (Lipinski definition) is 4. The van der Waals surface area contributed by atoms with Gasteiger partial charge in [-0.1, -0.05) is 37.3 Å². The molecule has 1 aromatic carbocycles. The molecule has 0 bridgehead atoms. The first kappa shape index (κ1) is 17.6. The third kappa shape index (κ3) is 3.74. The first-order valence-corrected chi connectivity index (χ1v) is 9.55. The van der Waals surface area contributed by atoms with Gasteiger partial charge in [-0.15, -0.1) is 11.3 Å². The molecule has 1 aromatic heterocycles. The van der Waals surface area contributed by atoms with Crippen molar-refractivity contribution in [3.05, 3.63) is 63.9 Å². The topological polar surface area (TPSA) is 43.4 Å². The summed E-state index contributed by atoms with van der Waals surface area (Å²) in [5.74, 6) is -1.51. The Kier molecular flexibility index (Phi) is 5.49. The molecular weight excluding hydrogens is 332 g/mol. The molecule has 4 heteroatoms. The Labute approximate surface area is 152 Å². The van der Waals surface area contributed by atoms with Crippen LogP contribution in [0.2, 0.25) is 0 Å². The van der Waals surface area contributed by atoms with Crippen LogP contribution in [0.4, 0.5) is 0 Å². The Balaban J connectivity index is 1.98. The maximum absolute atomic E-state index is 12.8. The number of aryl methyl sites for hydroxylation is 1. The Bertz CT molecular complexity index is 772. The minimum atomic E-state index is -0.754. The molecule has 3 rings (SSSR count). The summed E-state index contributed by atoms with van der Waals surface area (Å²) < 4.78 is 5.19. The Morgan fingerprint density at radius 1 is 1.20 bits per heavy atom. The smallest absolute Gasteiger partial charge is 0.317 e. The van der Waals surface area contributed by atoms with Crippen LogP contribution in [0.3, 0.4) is 0 Å². The second-order valence-electron chi connectivity index (χ2n) is 6.18. The molecule has 2 aromatic rings. The lowest BCUT2D eigenvalue weighted by Crippen LogP contribution is -2.33. The fourth-order valence-corrected chi connectivity index (χ4v) is 4.08. The van der Waals surface area contributed by atoms with Gasteiger partial charge in [-0.05, 0) is 54.0 Å². The summed E-state index contributed by atoms with van der Waals surface area (Å²) in [6, 6.07) is 12.2.